The molecule has 1 aromatic carbocycles. The van der Waals surface area contributed by atoms with E-state index in [9.17, 15) is 14.7 Å². The SMILES string of the molecule is COc1cc2c3c(c(=O)oc2c(/C=N/NC(C)=O)c1O)CNCC3. The Morgan fingerprint density at radius 3 is 3.00 bits per heavy atom. The van der Waals surface area contributed by atoms with E-state index in [0.29, 0.717) is 23.9 Å². The van der Waals surface area contributed by atoms with Crippen LogP contribution in [0.25, 0.3) is 11.0 Å². The van der Waals surface area contributed by atoms with Gasteiger partial charge in [-0.25, -0.2) is 10.2 Å². The van der Waals surface area contributed by atoms with Crippen molar-refractivity contribution in [2.75, 3.05) is 13.7 Å². The van der Waals surface area contributed by atoms with Crippen molar-refractivity contribution in [2.45, 2.75) is 19.9 Å². The van der Waals surface area contributed by atoms with Gasteiger partial charge in [-0.15, -0.1) is 0 Å². The second kappa shape index (κ2) is 6.32. The lowest BCUT2D eigenvalue weighted by Crippen LogP contribution is -2.29. The summed E-state index contributed by atoms with van der Waals surface area (Å²) >= 11 is 0. The van der Waals surface area contributed by atoms with Crippen molar-refractivity contribution in [3.8, 4) is 11.5 Å². The van der Waals surface area contributed by atoms with Crippen LogP contribution in [0.3, 0.4) is 0 Å². The number of ether oxygens (including phenoxy) is 1. The molecule has 0 aliphatic carbocycles. The van der Waals surface area contributed by atoms with Crippen LogP contribution in [0.2, 0.25) is 0 Å². The van der Waals surface area contributed by atoms with Gasteiger partial charge < -0.3 is 19.6 Å². The summed E-state index contributed by atoms with van der Waals surface area (Å²) in [6, 6.07) is 1.65. The average Bonchev–Trinajstić information content (AvgIpc) is 2.57. The molecule has 3 rings (SSSR count). The summed E-state index contributed by atoms with van der Waals surface area (Å²) in [7, 11) is 1.43. The molecule has 1 aromatic heterocycles. The molecule has 0 unspecified atom stereocenters. The zero-order valence-electron chi connectivity index (χ0n) is 13.3. The molecular formula is C16H17N3O5. The maximum absolute atomic E-state index is 12.2. The number of methoxy groups -OCH3 is 1. The minimum atomic E-state index is -0.455. The number of hydrogen-bond donors (Lipinski definition) is 3. The largest absolute Gasteiger partial charge is 0.504 e. The maximum atomic E-state index is 12.2. The number of nitrogens with one attached hydrogen (secondary N) is 2. The van der Waals surface area contributed by atoms with Crippen LogP contribution in [-0.2, 0) is 17.8 Å². The average molecular weight is 331 g/mol. The lowest BCUT2D eigenvalue weighted by molar-refractivity contribution is -0.118. The summed E-state index contributed by atoms with van der Waals surface area (Å²) < 4.78 is 10.6. The first kappa shape index (κ1) is 16.0. The first-order chi connectivity index (χ1) is 11.5. The lowest BCUT2D eigenvalue weighted by atomic mass is 9.96. The highest BCUT2D eigenvalue weighted by atomic mass is 16.5. The highest BCUT2D eigenvalue weighted by molar-refractivity contribution is 6.02. The van der Waals surface area contributed by atoms with Gasteiger partial charge in [0.05, 0.1) is 24.5 Å². The van der Waals surface area contributed by atoms with Crippen molar-refractivity contribution >= 4 is 23.1 Å². The molecule has 0 saturated heterocycles. The van der Waals surface area contributed by atoms with Gasteiger partial charge in [-0.05, 0) is 24.6 Å². The molecule has 3 N–H and O–H groups in total. The summed E-state index contributed by atoms with van der Waals surface area (Å²) in [6.45, 7) is 2.49. The number of benzene rings is 1. The third-order valence-corrected chi connectivity index (χ3v) is 3.87. The molecule has 2 heterocycles. The molecule has 1 aliphatic rings. The number of hydrazone groups is 1. The molecule has 1 aliphatic heterocycles. The summed E-state index contributed by atoms with van der Waals surface area (Å²) in [5, 5.41) is 17.9. The predicted octanol–water partition coefficient (Wildman–Crippen LogP) is 0.623. The van der Waals surface area contributed by atoms with Crippen molar-refractivity contribution in [1.82, 2.24) is 10.7 Å². The van der Waals surface area contributed by atoms with Crippen LogP contribution >= 0.6 is 0 Å². The third kappa shape index (κ3) is 2.71. The van der Waals surface area contributed by atoms with Gasteiger partial charge in [0.25, 0.3) is 0 Å². The number of carbonyl (C=O) groups is 1. The molecule has 8 nitrogen and oxygen atoms in total. The molecule has 1 amide bonds. The van der Waals surface area contributed by atoms with E-state index in [4.69, 9.17) is 9.15 Å². The standard InChI is InChI=1S/C16H17N3O5/c1-8(20)19-18-7-12-14(21)13(23-2)5-10-9-3-4-17-6-11(9)16(22)24-15(10)12/h5,7,17,21H,3-4,6H2,1-2H3,(H,19,20)/b18-7+. The summed E-state index contributed by atoms with van der Waals surface area (Å²) in [6.07, 6.45) is 1.89. The highest BCUT2D eigenvalue weighted by Crippen LogP contribution is 2.37. The van der Waals surface area contributed by atoms with Crippen molar-refractivity contribution in [3.05, 3.63) is 33.2 Å². The van der Waals surface area contributed by atoms with E-state index in [2.05, 4.69) is 15.8 Å². The number of rotatable bonds is 3. The Kier molecular flexibility index (Phi) is 4.22. The van der Waals surface area contributed by atoms with Crippen LogP contribution in [0.5, 0.6) is 11.5 Å². The molecule has 0 fully saturated rings. The summed E-state index contributed by atoms with van der Waals surface area (Å²) in [4.78, 5) is 23.2. The van der Waals surface area contributed by atoms with Gasteiger partial charge in [0.1, 0.15) is 0 Å². The van der Waals surface area contributed by atoms with Gasteiger partial charge >= 0.3 is 5.63 Å². The van der Waals surface area contributed by atoms with E-state index in [0.717, 1.165) is 12.1 Å². The van der Waals surface area contributed by atoms with Gasteiger partial charge in [0.2, 0.25) is 5.91 Å². The lowest BCUT2D eigenvalue weighted by Gasteiger charge is -2.19. The molecule has 2 aromatic rings. The number of hydrogen-bond acceptors (Lipinski definition) is 7. The monoisotopic (exact) mass is 331 g/mol. The molecule has 0 saturated carbocycles. The zero-order valence-corrected chi connectivity index (χ0v) is 13.3. The van der Waals surface area contributed by atoms with Gasteiger partial charge in [-0.2, -0.15) is 5.10 Å². The normalized spacial score (nSPS) is 13.9. The van der Waals surface area contributed by atoms with E-state index in [1.165, 1.54) is 20.2 Å². The molecule has 0 spiro atoms. The van der Waals surface area contributed by atoms with Crippen molar-refractivity contribution < 1.29 is 19.1 Å². The first-order valence-electron chi connectivity index (χ1n) is 7.41. The summed E-state index contributed by atoms with van der Waals surface area (Å²) in [5.74, 6) is -0.333. The van der Waals surface area contributed by atoms with E-state index >= 15 is 0 Å². The number of amides is 1. The minimum absolute atomic E-state index is 0.177. The number of phenols is 1. The van der Waals surface area contributed by atoms with E-state index in [-0.39, 0.29) is 28.6 Å². The van der Waals surface area contributed by atoms with Crippen LogP contribution < -0.4 is 21.1 Å². The fraction of sp³-hybridized carbons (Fsp3) is 0.312. The van der Waals surface area contributed by atoms with Crippen molar-refractivity contribution in [2.24, 2.45) is 5.10 Å². The molecular weight excluding hydrogens is 314 g/mol. The minimum Gasteiger partial charge on any atom is -0.504 e. The predicted molar refractivity (Wildman–Crippen MR) is 87.5 cm³/mol. The van der Waals surface area contributed by atoms with E-state index in [1.807, 2.05) is 0 Å². The maximum Gasteiger partial charge on any atom is 0.341 e. The Morgan fingerprint density at radius 1 is 1.50 bits per heavy atom. The number of phenolic OH excluding ortho intramolecular Hbond substituents is 1. The fourth-order valence-corrected chi connectivity index (χ4v) is 2.78. The van der Waals surface area contributed by atoms with Gasteiger partial charge in [0.15, 0.2) is 17.1 Å². The topological polar surface area (TPSA) is 113 Å². The third-order valence-electron chi connectivity index (χ3n) is 3.87. The molecule has 126 valence electrons. The van der Waals surface area contributed by atoms with Crippen LogP contribution in [0.4, 0.5) is 0 Å². The number of carbonyl (C=O) groups excluding carboxylic acids is 1. The molecule has 24 heavy (non-hydrogen) atoms. The molecule has 0 bridgehead atoms. The molecule has 0 atom stereocenters. The van der Waals surface area contributed by atoms with Crippen molar-refractivity contribution in [3.63, 3.8) is 0 Å². The molecule has 0 radical (unpaired) electrons. The van der Waals surface area contributed by atoms with Gasteiger partial charge in [-0.3, -0.25) is 4.79 Å². The second-order valence-corrected chi connectivity index (χ2v) is 5.42. The van der Waals surface area contributed by atoms with Gasteiger partial charge in [0, 0.05) is 18.9 Å². The Hall–Kier alpha value is -2.87. The molecule has 8 heteroatoms. The fourth-order valence-electron chi connectivity index (χ4n) is 2.78. The number of aromatic hydroxyl groups is 1. The van der Waals surface area contributed by atoms with Gasteiger partial charge in [-0.1, -0.05) is 0 Å². The Balaban J connectivity index is 2.30. The van der Waals surface area contributed by atoms with Crippen molar-refractivity contribution in [1.29, 1.82) is 0 Å². The van der Waals surface area contributed by atoms with Crippen LogP contribution in [-0.4, -0.2) is 30.9 Å². The second-order valence-electron chi connectivity index (χ2n) is 5.42. The first-order valence-corrected chi connectivity index (χ1v) is 7.41. The summed E-state index contributed by atoms with van der Waals surface area (Å²) in [5.41, 5.74) is 3.63. The quantitative estimate of drug-likeness (QED) is 0.432. The zero-order chi connectivity index (χ0) is 17.3. The van der Waals surface area contributed by atoms with Crippen LogP contribution in [0, 0.1) is 0 Å². The Morgan fingerprint density at radius 2 is 2.29 bits per heavy atom. The van der Waals surface area contributed by atoms with E-state index in [1.54, 1.807) is 6.07 Å². The highest BCUT2D eigenvalue weighted by Gasteiger charge is 2.22. The van der Waals surface area contributed by atoms with Crippen LogP contribution in [0.15, 0.2) is 20.4 Å². The smallest absolute Gasteiger partial charge is 0.341 e. The van der Waals surface area contributed by atoms with E-state index < -0.39 is 5.63 Å². The Labute approximate surface area is 137 Å². The number of fused-ring (bicyclic) bond motifs is 3. The Bertz CT molecular complexity index is 901. The van der Waals surface area contributed by atoms with Crippen LogP contribution in [0.1, 0.15) is 23.6 Å². The number of nitrogens with zero attached hydrogens (tertiary/aromatic N) is 1.